The summed E-state index contributed by atoms with van der Waals surface area (Å²) in [6.07, 6.45) is 2.73. The van der Waals surface area contributed by atoms with Crippen molar-refractivity contribution in [2.24, 2.45) is 5.92 Å². The summed E-state index contributed by atoms with van der Waals surface area (Å²) in [4.78, 5) is 15.4. The number of hydrogen-bond acceptors (Lipinski definition) is 3. The van der Waals surface area contributed by atoms with E-state index >= 15 is 0 Å². The molecule has 0 radical (unpaired) electrons. The van der Waals surface area contributed by atoms with Crippen molar-refractivity contribution in [3.8, 4) is 5.75 Å². The molecule has 2 aromatic carbocycles. The smallest absolute Gasteiger partial charge is 0.223 e. The van der Waals surface area contributed by atoms with E-state index in [9.17, 15) is 4.79 Å². The molecule has 0 bridgehead atoms. The number of likely N-dealkylation sites (tertiary alicyclic amines) is 1. The van der Waals surface area contributed by atoms with Gasteiger partial charge in [0.2, 0.25) is 5.91 Å². The predicted molar refractivity (Wildman–Crippen MR) is 118 cm³/mol. The van der Waals surface area contributed by atoms with Crippen LogP contribution in [-0.2, 0) is 11.3 Å². The van der Waals surface area contributed by atoms with Crippen LogP contribution in [0.3, 0.4) is 0 Å². The monoisotopic (exact) mass is 394 g/mol. The summed E-state index contributed by atoms with van der Waals surface area (Å²) in [5, 5.41) is 3.29. The van der Waals surface area contributed by atoms with Crippen LogP contribution in [0.4, 0.5) is 0 Å². The highest BCUT2D eigenvalue weighted by Gasteiger charge is 2.26. The third-order valence-corrected chi connectivity index (χ3v) is 6.16. The van der Waals surface area contributed by atoms with Crippen molar-refractivity contribution in [3.63, 3.8) is 0 Å². The molecule has 2 aromatic rings. The average molecular weight is 395 g/mol. The van der Waals surface area contributed by atoms with Gasteiger partial charge in [0, 0.05) is 12.5 Å². The number of methoxy groups -OCH3 is 1. The zero-order valence-corrected chi connectivity index (χ0v) is 18.2. The van der Waals surface area contributed by atoms with E-state index in [1.54, 1.807) is 7.11 Å². The predicted octanol–water partition coefficient (Wildman–Crippen LogP) is 4.79. The van der Waals surface area contributed by atoms with Crippen LogP contribution in [0.5, 0.6) is 5.75 Å². The first-order valence-electron chi connectivity index (χ1n) is 10.7. The minimum Gasteiger partial charge on any atom is -0.496 e. The van der Waals surface area contributed by atoms with E-state index in [4.69, 9.17) is 4.74 Å². The number of aryl methyl sites for hydroxylation is 2. The van der Waals surface area contributed by atoms with Crippen LogP contribution in [0.25, 0.3) is 0 Å². The lowest BCUT2D eigenvalue weighted by molar-refractivity contribution is -0.127. The van der Waals surface area contributed by atoms with E-state index in [0.717, 1.165) is 55.8 Å². The number of carbonyl (C=O) groups is 1. The second-order valence-corrected chi connectivity index (χ2v) is 8.18. The van der Waals surface area contributed by atoms with Crippen LogP contribution in [0, 0.1) is 19.8 Å². The van der Waals surface area contributed by atoms with Gasteiger partial charge < -0.3 is 10.1 Å². The lowest BCUT2D eigenvalue weighted by atomic mass is 9.94. The van der Waals surface area contributed by atoms with Crippen LogP contribution in [-0.4, -0.2) is 31.0 Å². The molecule has 4 nitrogen and oxygen atoms in total. The van der Waals surface area contributed by atoms with Crippen LogP contribution < -0.4 is 10.1 Å². The molecule has 0 spiro atoms. The molecule has 1 heterocycles. The van der Waals surface area contributed by atoms with Gasteiger partial charge in [-0.15, -0.1) is 0 Å². The molecule has 1 atom stereocenters. The minimum absolute atomic E-state index is 0.0529. The fourth-order valence-corrected chi connectivity index (χ4v) is 4.21. The van der Waals surface area contributed by atoms with Gasteiger partial charge in [-0.2, -0.15) is 0 Å². The number of nitrogens with one attached hydrogen (secondary N) is 1. The number of piperidine rings is 1. The average Bonchev–Trinajstić information content (AvgIpc) is 2.74. The Labute approximate surface area is 175 Å². The summed E-state index contributed by atoms with van der Waals surface area (Å²) in [6.45, 7) is 9.26. The van der Waals surface area contributed by atoms with Gasteiger partial charge in [-0.05, 0) is 74.5 Å². The number of rotatable bonds is 7. The molecule has 1 aliphatic rings. The van der Waals surface area contributed by atoms with E-state index in [0.29, 0.717) is 0 Å². The first kappa shape index (κ1) is 21.4. The van der Waals surface area contributed by atoms with Crippen LogP contribution in [0.1, 0.15) is 54.5 Å². The Bertz CT molecular complexity index is 825. The molecule has 1 aliphatic heterocycles. The number of benzene rings is 2. The molecule has 0 saturated carbocycles. The van der Waals surface area contributed by atoms with Gasteiger partial charge in [0.1, 0.15) is 5.75 Å². The molecule has 1 fully saturated rings. The maximum Gasteiger partial charge on any atom is 0.223 e. The normalized spacial score (nSPS) is 16.4. The molecule has 1 saturated heterocycles. The lowest BCUT2D eigenvalue weighted by Gasteiger charge is -2.32. The zero-order valence-electron chi connectivity index (χ0n) is 18.2. The second kappa shape index (κ2) is 9.93. The Morgan fingerprint density at radius 2 is 1.86 bits per heavy atom. The number of carbonyl (C=O) groups excluding carboxylic acids is 1. The number of nitrogens with zero attached hydrogens (tertiary/aromatic N) is 1. The summed E-state index contributed by atoms with van der Waals surface area (Å²) in [5.74, 6) is 1.19. The maximum absolute atomic E-state index is 12.9. The van der Waals surface area contributed by atoms with E-state index in [2.05, 4.69) is 60.5 Å². The van der Waals surface area contributed by atoms with Gasteiger partial charge in [-0.3, -0.25) is 9.69 Å². The largest absolute Gasteiger partial charge is 0.496 e. The van der Waals surface area contributed by atoms with Gasteiger partial charge >= 0.3 is 0 Å². The lowest BCUT2D eigenvalue weighted by Crippen LogP contribution is -2.41. The molecule has 4 heteroatoms. The Morgan fingerprint density at radius 3 is 2.48 bits per heavy atom. The van der Waals surface area contributed by atoms with Crippen molar-refractivity contribution >= 4 is 5.91 Å². The fourth-order valence-electron chi connectivity index (χ4n) is 4.21. The van der Waals surface area contributed by atoms with E-state index < -0.39 is 0 Å². The standard InChI is InChI=1S/C25H34N2O2/c1-5-23(21-10-11-24(29-4)19(3)16-21)26-25(28)20-12-14-27(15-13-20)17-22-9-7-6-8-18(22)2/h6-11,16,20,23H,5,12-15,17H2,1-4H3,(H,26,28)/t23-/m0/s1. The van der Waals surface area contributed by atoms with Crippen molar-refractivity contribution in [1.82, 2.24) is 10.2 Å². The minimum atomic E-state index is 0.0529. The van der Waals surface area contributed by atoms with Crippen LogP contribution >= 0.6 is 0 Å². The maximum atomic E-state index is 12.9. The molecular formula is C25H34N2O2. The Morgan fingerprint density at radius 1 is 1.14 bits per heavy atom. The number of ether oxygens (including phenoxy) is 1. The highest BCUT2D eigenvalue weighted by Crippen LogP contribution is 2.26. The second-order valence-electron chi connectivity index (χ2n) is 8.18. The quantitative estimate of drug-likeness (QED) is 0.734. The Hall–Kier alpha value is -2.33. The van der Waals surface area contributed by atoms with Crippen molar-refractivity contribution in [2.75, 3.05) is 20.2 Å². The highest BCUT2D eigenvalue weighted by molar-refractivity contribution is 5.79. The van der Waals surface area contributed by atoms with Gasteiger partial charge in [0.05, 0.1) is 13.2 Å². The van der Waals surface area contributed by atoms with Gasteiger partial charge in [0.15, 0.2) is 0 Å². The van der Waals surface area contributed by atoms with Gasteiger partial charge in [0.25, 0.3) is 0 Å². The molecule has 0 aliphatic carbocycles. The first-order valence-corrected chi connectivity index (χ1v) is 10.7. The first-order chi connectivity index (χ1) is 14.0. The van der Waals surface area contributed by atoms with Crippen molar-refractivity contribution < 1.29 is 9.53 Å². The SMILES string of the molecule is CC[C@H](NC(=O)C1CCN(Cc2ccccc2C)CC1)c1ccc(OC)c(C)c1. The molecule has 29 heavy (non-hydrogen) atoms. The molecule has 1 amide bonds. The fraction of sp³-hybridized carbons (Fsp3) is 0.480. The van der Waals surface area contributed by atoms with E-state index in [1.807, 2.05) is 13.0 Å². The number of hydrogen-bond donors (Lipinski definition) is 1. The van der Waals surface area contributed by atoms with Crippen molar-refractivity contribution in [2.45, 2.75) is 52.6 Å². The third kappa shape index (κ3) is 5.39. The Kier molecular flexibility index (Phi) is 7.32. The van der Waals surface area contributed by atoms with Crippen molar-refractivity contribution in [3.05, 3.63) is 64.7 Å². The van der Waals surface area contributed by atoms with Gasteiger partial charge in [-0.1, -0.05) is 43.3 Å². The van der Waals surface area contributed by atoms with E-state index in [-0.39, 0.29) is 17.9 Å². The molecule has 0 aromatic heterocycles. The summed E-state index contributed by atoms with van der Waals surface area (Å²) >= 11 is 0. The van der Waals surface area contributed by atoms with Gasteiger partial charge in [-0.25, -0.2) is 0 Å². The molecular weight excluding hydrogens is 360 g/mol. The van der Waals surface area contributed by atoms with Crippen molar-refractivity contribution in [1.29, 1.82) is 0 Å². The third-order valence-electron chi connectivity index (χ3n) is 6.16. The molecule has 1 N–H and O–H groups in total. The number of amides is 1. The summed E-state index contributed by atoms with van der Waals surface area (Å²) in [6, 6.07) is 14.8. The summed E-state index contributed by atoms with van der Waals surface area (Å²) in [7, 11) is 1.69. The molecule has 156 valence electrons. The van der Waals surface area contributed by atoms with Crippen LogP contribution in [0.15, 0.2) is 42.5 Å². The molecule has 3 rings (SSSR count). The molecule has 0 unspecified atom stereocenters. The summed E-state index contributed by atoms with van der Waals surface area (Å²) < 4.78 is 5.36. The summed E-state index contributed by atoms with van der Waals surface area (Å²) in [5.41, 5.74) is 4.97. The van der Waals surface area contributed by atoms with Crippen LogP contribution in [0.2, 0.25) is 0 Å². The van der Waals surface area contributed by atoms with E-state index in [1.165, 1.54) is 11.1 Å². The Balaban J connectivity index is 1.54. The zero-order chi connectivity index (χ0) is 20.8. The topological polar surface area (TPSA) is 41.6 Å². The highest BCUT2D eigenvalue weighted by atomic mass is 16.5.